The predicted octanol–water partition coefficient (Wildman–Crippen LogP) is 1.84. The van der Waals surface area contributed by atoms with Crippen molar-refractivity contribution < 1.29 is 17.9 Å². The maximum absolute atomic E-state index is 12.5. The Morgan fingerprint density at radius 1 is 1.26 bits per heavy atom. The third-order valence-electron chi connectivity index (χ3n) is 3.65. The Morgan fingerprint density at radius 3 is 2.61 bits per heavy atom. The van der Waals surface area contributed by atoms with Gasteiger partial charge in [-0.3, -0.25) is 4.79 Å². The van der Waals surface area contributed by atoms with Crippen LogP contribution in [0.2, 0.25) is 0 Å². The molecular weight excluding hydrogens is 336 g/mol. The van der Waals surface area contributed by atoms with Gasteiger partial charge in [0.1, 0.15) is 16.0 Å². The second-order valence-corrected chi connectivity index (χ2v) is 7.97. The molecule has 0 bridgehead atoms. The first-order chi connectivity index (χ1) is 11.0. The number of sulfonamides is 1. The Kier molecular flexibility index (Phi) is 4.38. The van der Waals surface area contributed by atoms with Crippen LogP contribution < -0.4 is 14.4 Å². The molecule has 1 aromatic carbocycles. The van der Waals surface area contributed by atoms with Crippen molar-refractivity contribution in [3.63, 3.8) is 0 Å². The van der Waals surface area contributed by atoms with Gasteiger partial charge in [0, 0.05) is 12.2 Å². The number of amides is 1. The minimum Gasteiger partial charge on any atom is -0.497 e. The fourth-order valence-corrected chi connectivity index (χ4v) is 4.70. The number of ether oxygens (including phenoxy) is 1. The van der Waals surface area contributed by atoms with Crippen LogP contribution in [-0.4, -0.2) is 34.0 Å². The summed E-state index contributed by atoms with van der Waals surface area (Å²) in [7, 11) is -2.07. The van der Waals surface area contributed by atoms with Crippen molar-refractivity contribution in [2.75, 3.05) is 18.6 Å². The SMILES string of the molecule is COc1ccc(N2CC[C@@H](NS(=O)(=O)c3cccs3)C2=O)cc1. The summed E-state index contributed by atoms with van der Waals surface area (Å²) in [5.74, 6) is 0.464. The Bertz CT molecular complexity index is 785. The van der Waals surface area contributed by atoms with Crippen molar-refractivity contribution >= 4 is 33.0 Å². The number of benzene rings is 1. The number of hydrogen-bond acceptors (Lipinski definition) is 5. The molecule has 1 aliphatic heterocycles. The summed E-state index contributed by atoms with van der Waals surface area (Å²) in [5, 5.41) is 1.69. The minimum atomic E-state index is -3.65. The monoisotopic (exact) mass is 352 g/mol. The normalized spacial score (nSPS) is 18.4. The van der Waals surface area contributed by atoms with Crippen LogP contribution in [0.25, 0.3) is 0 Å². The maximum Gasteiger partial charge on any atom is 0.250 e. The lowest BCUT2D eigenvalue weighted by Crippen LogP contribution is -2.41. The fourth-order valence-electron chi connectivity index (χ4n) is 2.47. The summed E-state index contributed by atoms with van der Waals surface area (Å²) in [6.45, 7) is 0.475. The second kappa shape index (κ2) is 6.31. The molecule has 1 aliphatic rings. The summed E-state index contributed by atoms with van der Waals surface area (Å²) >= 11 is 1.13. The van der Waals surface area contributed by atoms with Crippen molar-refractivity contribution in [2.24, 2.45) is 0 Å². The quantitative estimate of drug-likeness (QED) is 0.891. The molecule has 23 heavy (non-hydrogen) atoms. The highest BCUT2D eigenvalue weighted by Crippen LogP contribution is 2.25. The van der Waals surface area contributed by atoms with Crippen LogP contribution in [0.4, 0.5) is 5.69 Å². The Morgan fingerprint density at radius 2 is 2.00 bits per heavy atom. The van der Waals surface area contributed by atoms with Crippen molar-refractivity contribution in [3.05, 3.63) is 41.8 Å². The largest absolute Gasteiger partial charge is 0.497 e. The smallest absolute Gasteiger partial charge is 0.250 e. The van der Waals surface area contributed by atoms with Crippen molar-refractivity contribution in [1.82, 2.24) is 4.72 Å². The summed E-state index contributed by atoms with van der Waals surface area (Å²) in [6.07, 6.45) is 0.440. The van der Waals surface area contributed by atoms with Crippen LogP contribution in [0.1, 0.15) is 6.42 Å². The molecule has 0 radical (unpaired) electrons. The molecule has 122 valence electrons. The molecule has 3 rings (SSSR count). The van der Waals surface area contributed by atoms with Crippen LogP contribution in [0.5, 0.6) is 5.75 Å². The molecule has 0 saturated carbocycles. The molecule has 0 aliphatic carbocycles. The first-order valence-corrected chi connectivity index (χ1v) is 9.39. The Balaban J connectivity index is 1.74. The van der Waals surface area contributed by atoms with Gasteiger partial charge >= 0.3 is 0 Å². The molecule has 2 aromatic rings. The van der Waals surface area contributed by atoms with Gasteiger partial charge in [0.2, 0.25) is 5.91 Å². The molecule has 1 amide bonds. The first kappa shape index (κ1) is 16.0. The number of hydrogen-bond donors (Lipinski definition) is 1. The number of thiophene rings is 1. The Labute approximate surface area is 138 Å². The minimum absolute atomic E-state index is 0.216. The predicted molar refractivity (Wildman–Crippen MR) is 88.4 cm³/mol. The van der Waals surface area contributed by atoms with E-state index >= 15 is 0 Å². The zero-order valence-electron chi connectivity index (χ0n) is 12.4. The molecule has 1 fully saturated rings. The van der Waals surface area contributed by atoms with Gasteiger partial charge in [-0.2, -0.15) is 4.72 Å². The number of carbonyl (C=O) groups excluding carboxylic acids is 1. The van der Waals surface area contributed by atoms with Gasteiger partial charge in [-0.05, 0) is 42.1 Å². The topological polar surface area (TPSA) is 75.7 Å². The summed E-state index contributed by atoms with van der Waals surface area (Å²) in [6, 6.07) is 9.56. The number of anilines is 1. The third kappa shape index (κ3) is 3.24. The van der Waals surface area contributed by atoms with E-state index in [1.54, 1.807) is 47.7 Å². The van der Waals surface area contributed by atoms with Crippen LogP contribution in [-0.2, 0) is 14.8 Å². The molecule has 1 saturated heterocycles. The molecule has 6 nitrogen and oxygen atoms in total. The highest BCUT2D eigenvalue weighted by Gasteiger charge is 2.35. The van der Waals surface area contributed by atoms with E-state index < -0.39 is 16.1 Å². The first-order valence-electron chi connectivity index (χ1n) is 7.02. The summed E-state index contributed by atoms with van der Waals surface area (Å²) in [4.78, 5) is 14.1. The van der Waals surface area contributed by atoms with Gasteiger partial charge in [0.25, 0.3) is 10.0 Å². The number of nitrogens with zero attached hydrogens (tertiary/aromatic N) is 1. The van der Waals surface area contributed by atoms with E-state index in [0.29, 0.717) is 18.7 Å². The van der Waals surface area contributed by atoms with Gasteiger partial charge in [-0.1, -0.05) is 6.07 Å². The summed E-state index contributed by atoms with van der Waals surface area (Å²) < 4.78 is 32.3. The molecule has 8 heteroatoms. The molecule has 0 unspecified atom stereocenters. The zero-order valence-corrected chi connectivity index (χ0v) is 14.1. The lowest BCUT2D eigenvalue weighted by atomic mass is 10.2. The number of methoxy groups -OCH3 is 1. The van der Waals surface area contributed by atoms with E-state index in [2.05, 4.69) is 4.72 Å². The number of carbonyl (C=O) groups is 1. The van der Waals surface area contributed by atoms with E-state index in [4.69, 9.17) is 4.74 Å². The third-order valence-corrected chi connectivity index (χ3v) is 6.52. The highest BCUT2D eigenvalue weighted by molar-refractivity contribution is 7.91. The fraction of sp³-hybridized carbons (Fsp3) is 0.267. The standard InChI is InChI=1S/C15H16N2O4S2/c1-21-12-6-4-11(5-7-12)17-9-8-13(15(17)18)16-23(19,20)14-3-2-10-22-14/h2-7,10,13,16H,8-9H2,1H3/t13-/m1/s1. The molecule has 2 heterocycles. The van der Waals surface area contributed by atoms with E-state index in [1.165, 1.54) is 6.07 Å². The molecule has 1 aromatic heterocycles. The summed E-state index contributed by atoms with van der Waals surface area (Å²) in [5.41, 5.74) is 0.730. The second-order valence-electron chi connectivity index (χ2n) is 5.08. The highest BCUT2D eigenvalue weighted by atomic mass is 32.2. The molecule has 1 N–H and O–H groups in total. The number of nitrogens with one attached hydrogen (secondary N) is 1. The van der Waals surface area contributed by atoms with Gasteiger partial charge in [0.15, 0.2) is 0 Å². The lowest BCUT2D eigenvalue weighted by molar-refractivity contribution is -0.118. The van der Waals surface area contributed by atoms with Crippen molar-refractivity contribution in [1.29, 1.82) is 0 Å². The van der Waals surface area contributed by atoms with E-state index in [9.17, 15) is 13.2 Å². The number of rotatable bonds is 5. The van der Waals surface area contributed by atoms with Crippen molar-refractivity contribution in [3.8, 4) is 5.75 Å². The average molecular weight is 352 g/mol. The van der Waals surface area contributed by atoms with E-state index in [-0.39, 0.29) is 10.1 Å². The van der Waals surface area contributed by atoms with E-state index in [0.717, 1.165) is 17.0 Å². The van der Waals surface area contributed by atoms with Crippen LogP contribution >= 0.6 is 11.3 Å². The van der Waals surface area contributed by atoms with Crippen LogP contribution in [0.15, 0.2) is 46.0 Å². The van der Waals surface area contributed by atoms with Crippen LogP contribution in [0, 0.1) is 0 Å². The van der Waals surface area contributed by atoms with Crippen molar-refractivity contribution in [2.45, 2.75) is 16.7 Å². The maximum atomic E-state index is 12.5. The van der Waals surface area contributed by atoms with Gasteiger partial charge in [0.05, 0.1) is 7.11 Å². The van der Waals surface area contributed by atoms with Crippen LogP contribution in [0.3, 0.4) is 0 Å². The van der Waals surface area contributed by atoms with Gasteiger partial charge in [-0.15, -0.1) is 11.3 Å². The van der Waals surface area contributed by atoms with Gasteiger partial charge < -0.3 is 9.64 Å². The molecule has 1 atom stereocenters. The van der Waals surface area contributed by atoms with Gasteiger partial charge in [-0.25, -0.2) is 8.42 Å². The zero-order chi connectivity index (χ0) is 16.4. The average Bonchev–Trinajstić information content (AvgIpc) is 3.19. The Hall–Kier alpha value is -1.90. The lowest BCUT2D eigenvalue weighted by Gasteiger charge is -2.17. The molecule has 0 spiro atoms. The molecular formula is C15H16N2O4S2. The van der Waals surface area contributed by atoms with E-state index in [1.807, 2.05) is 0 Å².